The Morgan fingerprint density at radius 3 is 2.67 bits per heavy atom. The van der Waals surface area contributed by atoms with Crippen molar-refractivity contribution >= 4 is 44.8 Å². The van der Waals surface area contributed by atoms with E-state index in [2.05, 4.69) is 21.2 Å². The number of aryl methyl sites for hydroxylation is 1. The number of anilines is 2. The maximum atomic E-state index is 12.4. The quantitative estimate of drug-likeness (QED) is 0.565. The van der Waals surface area contributed by atoms with Gasteiger partial charge in [0, 0.05) is 15.7 Å². The van der Waals surface area contributed by atoms with Crippen LogP contribution >= 0.6 is 27.5 Å². The fourth-order valence-corrected chi connectivity index (χ4v) is 3.27. The van der Waals surface area contributed by atoms with Gasteiger partial charge in [-0.15, -0.1) is 0 Å². The van der Waals surface area contributed by atoms with Gasteiger partial charge in [0.05, 0.1) is 10.7 Å². The van der Waals surface area contributed by atoms with Gasteiger partial charge in [-0.05, 0) is 64.8 Å². The topological polar surface area (TPSA) is 68.3 Å². The van der Waals surface area contributed by atoms with Gasteiger partial charge in [-0.25, -0.2) is 0 Å². The molecule has 0 radical (unpaired) electrons. The summed E-state index contributed by atoms with van der Waals surface area (Å²) in [7, 11) is 0. The molecule has 0 spiro atoms. The molecule has 1 amide bonds. The molecule has 3 N–H and O–H groups in total. The zero-order valence-corrected chi connectivity index (χ0v) is 15.1. The number of rotatable bonds is 3. The van der Waals surface area contributed by atoms with E-state index >= 15 is 0 Å². The minimum absolute atomic E-state index is 0.202. The van der Waals surface area contributed by atoms with Crippen LogP contribution in [0, 0.1) is 6.92 Å². The van der Waals surface area contributed by atoms with Crippen molar-refractivity contribution in [2.45, 2.75) is 6.92 Å². The van der Waals surface area contributed by atoms with Crippen LogP contribution in [0.25, 0.3) is 11.3 Å². The molecule has 3 rings (SSSR count). The Morgan fingerprint density at radius 2 is 1.96 bits per heavy atom. The molecule has 4 nitrogen and oxygen atoms in total. The highest BCUT2D eigenvalue weighted by Crippen LogP contribution is 2.31. The molecule has 0 saturated heterocycles. The normalized spacial score (nSPS) is 10.6. The number of hydrogen-bond donors (Lipinski definition) is 2. The first kappa shape index (κ1) is 16.6. The molecule has 0 atom stereocenters. The van der Waals surface area contributed by atoms with Gasteiger partial charge in [0.25, 0.3) is 5.91 Å². The first-order valence-corrected chi connectivity index (χ1v) is 8.34. The van der Waals surface area contributed by atoms with E-state index in [1.807, 2.05) is 25.1 Å². The maximum absolute atomic E-state index is 12.4. The zero-order valence-electron chi connectivity index (χ0n) is 12.8. The Bertz CT molecular complexity index is 898. The lowest BCUT2D eigenvalue weighted by molar-refractivity contribution is 0.0997. The molecular weight excluding hydrogens is 392 g/mol. The van der Waals surface area contributed by atoms with Crippen LogP contribution in [0.3, 0.4) is 0 Å². The second kappa shape index (κ2) is 6.71. The second-order valence-corrected chi connectivity index (χ2v) is 6.55. The van der Waals surface area contributed by atoms with Crippen molar-refractivity contribution in [2.24, 2.45) is 0 Å². The maximum Gasteiger partial charge on any atom is 0.291 e. The zero-order chi connectivity index (χ0) is 17.3. The Labute approximate surface area is 152 Å². The lowest BCUT2D eigenvalue weighted by atomic mass is 10.1. The number of nitrogens with one attached hydrogen (secondary N) is 1. The van der Waals surface area contributed by atoms with Gasteiger partial charge in [-0.3, -0.25) is 4.79 Å². The summed E-state index contributed by atoms with van der Waals surface area (Å²) in [5.41, 5.74) is 8.65. The van der Waals surface area contributed by atoms with Crippen LogP contribution < -0.4 is 11.1 Å². The molecule has 1 aromatic heterocycles. The first-order chi connectivity index (χ1) is 11.5. The third-order valence-corrected chi connectivity index (χ3v) is 4.47. The Balaban J connectivity index is 1.86. The van der Waals surface area contributed by atoms with Gasteiger partial charge in [0.1, 0.15) is 5.76 Å². The van der Waals surface area contributed by atoms with E-state index in [0.717, 1.165) is 11.1 Å². The number of hydrogen-bond acceptors (Lipinski definition) is 3. The number of benzene rings is 2. The minimum atomic E-state index is -0.345. The summed E-state index contributed by atoms with van der Waals surface area (Å²) >= 11 is 9.56. The molecule has 0 aliphatic heterocycles. The SMILES string of the molecule is Cc1cc(N)cc(Br)c1NC(=O)c1ccc(-c2ccccc2Cl)o1. The monoisotopic (exact) mass is 404 g/mol. The summed E-state index contributed by atoms with van der Waals surface area (Å²) in [5, 5.41) is 3.40. The van der Waals surface area contributed by atoms with Gasteiger partial charge in [-0.2, -0.15) is 0 Å². The van der Waals surface area contributed by atoms with Gasteiger partial charge >= 0.3 is 0 Å². The summed E-state index contributed by atoms with van der Waals surface area (Å²) in [6, 6.07) is 14.2. The van der Waals surface area contributed by atoms with Crippen molar-refractivity contribution in [1.29, 1.82) is 0 Å². The third kappa shape index (κ3) is 3.32. The summed E-state index contributed by atoms with van der Waals surface area (Å²) in [6.07, 6.45) is 0. The molecule has 1 heterocycles. The number of carbonyl (C=O) groups is 1. The number of halogens is 2. The average Bonchev–Trinajstić information content (AvgIpc) is 3.01. The van der Waals surface area contributed by atoms with Crippen molar-refractivity contribution in [1.82, 2.24) is 0 Å². The predicted octanol–water partition coefficient (Wildman–Crippen LogP) is 5.51. The summed E-state index contributed by atoms with van der Waals surface area (Å²) < 4.78 is 6.37. The number of nitrogens with two attached hydrogens (primary N) is 1. The largest absolute Gasteiger partial charge is 0.451 e. The number of furan rings is 1. The van der Waals surface area contributed by atoms with Crippen molar-refractivity contribution in [3.8, 4) is 11.3 Å². The molecule has 6 heteroatoms. The summed E-state index contributed by atoms with van der Waals surface area (Å²) in [5.74, 6) is 0.397. The Hall–Kier alpha value is -2.24. The van der Waals surface area contributed by atoms with Gasteiger partial charge in [0.2, 0.25) is 0 Å². The summed E-state index contributed by atoms with van der Waals surface area (Å²) in [4.78, 5) is 12.4. The number of amides is 1. The highest BCUT2D eigenvalue weighted by molar-refractivity contribution is 9.10. The van der Waals surface area contributed by atoms with Crippen LogP contribution in [-0.2, 0) is 0 Å². The molecule has 0 unspecified atom stereocenters. The van der Waals surface area contributed by atoms with E-state index in [0.29, 0.717) is 26.6 Å². The number of nitrogen functional groups attached to an aromatic ring is 1. The molecule has 0 fully saturated rings. The van der Waals surface area contributed by atoms with Crippen LogP contribution in [0.15, 0.2) is 57.4 Å². The molecule has 0 aliphatic rings. The standard InChI is InChI=1S/C18H14BrClN2O2/c1-10-8-11(21)9-13(19)17(10)22-18(23)16-7-6-15(24-16)12-4-2-3-5-14(12)20/h2-9H,21H2,1H3,(H,22,23). The molecule has 3 aromatic rings. The Kier molecular flexibility index (Phi) is 4.64. The molecule has 0 saturated carbocycles. The average molecular weight is 406 g/mol. The Morgan fingerprint density at radius 1 is 1.21 bits per heavy atom. The van der Waals surface area contributed by atoms with E-state index in [-0.39, 0.29) is 11.7 Å². The number of carbonyl (C=O) groups excluding carboxylic acids is 1. The first-order valence-electron chi connectivity index (χ1n) is 7.17. The highest BCUT2D eigenvalue weighted by Gasteiger charge is 2.16. The van der Waals surface area contributed by atoms with Gasteiger partial charge in [0.15, 0.2) is 5.76 Å². The second-order valence-electron chi connectivity index (χ2n) is 5.29. The van der Waals surface area contributed by atoms with E-state index in [4.69, 9.17) is 21.8 Å². The lowest BCUT2D eigenvalue weighted by Gasteiger charge is -2.10. The molecule has 0 aliphatic carbocycles. The molecule has 0 bridgehead atoms. The van der Waals surface area contributed by atoms with Crippen LogP contribution in [0.4, 0.5) is 11.4 Å². The fraction of sp³-hybridized carbons (Fsp3) is 0.0556. The minimum Gasteiger partial charge on any atom is -0.451 e. The van der Waals surface area contributed by atoms with Gasteiger partial charge in [-0.1, -0.05) is 23.7 Å². The van der Waals surface area contributed by atoms with Crippen molar-refractivity contribution in [2.75, 3.05) is 11.1 Å². The van der Waals surface area contributed by atoms with Crippen LogP contribution in [-0.4, -0.2) is 5.91 Å². The van der Waals surface area contributed by atoms with E-state index in [1.165, 1.54) is 0 Å². The highest BCUT2D eigenvalue weighted by atomic mass is 79.9. The predicted molar refractivity (Wildman–Crippen MR) is 100 cm³/mol. The smallest absolute Gasteiger partial charge is 0.291 e. The molecule has 122 valence electrons. The lowest BCUT2D eigenvalue weighted by Crippen LogP contribution is -2.12. The molecular formula is C18H14BrClN2O2. The van der Waals surface area contributed by atoms with Crippen LogP contribution in [0.2, 0.25) is 5.02 Å². The van der Waals surface area contributed by atoms with Crippen LogP contribution in [0.1, 0.15) is 16.1 Å². The molecule has 24 heavy (non-hydrogen) atoms. The molecule has 2 aromatic carbocycles. The van der Waals surface area contributed by atoms with E-state index < -0.39 is 0 Å². The van der Waals surface area contributed by atoms with Crippen molar-refractivity contribution in [3.63, 3.8) is 0 Å². The van der Waals surface area contributed by atoms with Crippen molar-refractivity contribution < 1.29 is 9.21 Å². The van der Waals surface area contributed by atoms with Crippen LogP contribution in [0.5, 0.6) is 0 Å². The fourth-order valence-electron chi connectivity index (χ4n) is 2.37. The van der Waals surface area contributed by atoms with E-state index in [9.17, 15) is 4.79 Å². The van der Waals surface area contributed by atoms with Crippen molar-refractivity contribution in [3.05, 3.63) is 69.3 Å². The third-order valence-electron chi connectivity index (χ3n) is 3.52. The van der Waals surface area contributed by atoms with E-state index in [1.54, 1.807) is 30.3 Å². The summed E-state index contributed by atoms with van der Waals surface area (Å²) in [6.45, 7) is 1.87. The van der Waals surface area contributed by atoms with Gasteiger partial charge < -0.3 is 15.5 Å².